The number of nitrogens with zero attached hydrogens (tertiary/aromatic N) is 5. The summed E-state index contributed by atoms with van der Waals surface area (Å²) in [4.78, 5) is 84.3. The summed E-state index contributed by atoms with van der Waals surface area (Å²) in [5.74, 6) is -2.49. The molecule has 0 fully saturated rings. The number of aryl methyl sites for hydroxylation is 3. The van der Waals surface area contributed by atoms with Crippen molar-refractivity contribution in [2.45, 2.75) is 39.4 Å². The van der Waals surface area contributed by atoms with E-state index in [1.807, 2.05) is 28.8 Å². The van der Waals surface area contributed by atoms with Gasteiger partial charge < -0.3 is 52.7 Å². The number of rotatable bonds is 24. The van der Waals surface area contributed by atoms with E-state index in [-0.39, 0.29) is 100 Å². The second-order valence-electron chi connectivity index (χ2n) is 17.0. The van der Waals surface area contributed by atoms with Crippen molar-refractivity contribution in [1.29, 1.82) is 0 Å². The molecule has 3 amide bonds. The Morgan fingerprint density at radius 2 is 1.45 bits per heavy atom. The summed E-state index contributed by atoms with van der Waals surface area (Å²) in [6.45, 7) is 4.74. The number of nitrogen functional groups attached to an aromatic ring is 1. The van der Waals surface area contributed by atoms with Crippen LogP contribution in [0, 0.1) is 13.8 Å². The summed E-state index contributed by atoms with van der Waals surface area (Å²) < 4.78 is 51.4. The van der Waals surface area contributed by atoms with Gasteiger partial charge in [0.2, 0.25) is 22.9 Å². The number of esters is 1. The molecule has 0 saturated heterocycles. The van der Waals surface area contributed by atoms with Crippen LogP contribution in [-0.2, 0) is 37.5 Å². The maximum atomic E-state index is 14.1. The largest absolute Gasteiger partial charge is 0.422 e. The molecule has 75 heavy (non-hydrogen) atoms. The first-order chi connectivity index (χ1) is 35.9. The van der Waals surface area contributed by atoms with E-state index in [2.05, 4.69) is 46.2 Å². The van der Waals surface area contributed by atoms with Crippen LogP contribution in [0.25, 0.3) is 33.0 Å². The lowest BCUT2D eigenvalue weighted by molar-refractivity contribution is -0.645. The zero-order valence-corrected chi connectivity index (χ0v) is 41.7. The molecule has 7 aromatic rings. The molecule has 24 nitrogen and oxygen atoms in total. The predicted molar refractivity (Wildman–Crippen MR) is 279 cm³/mol. The van der Waals surface area contributed by atoms with Crippen LogP contribution in [0.5, 0.6) is 5.75 Å². The SMILES string of the molecule is Cc1cc(C(=O)NCCOCCOCCNC(=O)C(CN=C(N)N)NC(=O)c2ccc(NCc3cnc4nc(N)[nH]c(=O)c4n3)cc2)cc(C)c1OC(=O)c1c2ccccc2[n+](CCCS(=O)(=O)O)c2ccccc12. The van der Waals surface area contributed by atoms with Crippen LogP contribution in [0.4, 0.5) is 11.6 Å². The van der Waals surface area contributed by atoms with Crippen molar-refractivity contribution in [1.82, 2.24) is 35.9 Å². The fourth-order valence-corrected chi connectivity index (χ4v) is 8.51. The van der Waals surface area contributed by atoms with Crippen molar-refractivity contribution in [2.75, 3.05) is 62.9 Å². The predicted octanol–water partition coefficient (Wildman–Crippen LogP) is 1.57. The Bertz CT molecular complexity index is 3380. The van der Waals surface area contributed by atoms with Crippen molar-refractivity contribution in [3.8, 4) is 5.75 Å². The Morgan fingerprint density at radius 3 is 2.08 bits per heavy atom. The number of carbonyl (C=O) groups is 4. The third kappa shape index (κ3) is 14.5. The van der Waals surface area contributed by atoms with Crippen molar-refractivity contribution in [3.05, 3.63) is 135 Å². The fourth-order valence-electron chi connectivity index (χ4n) is 8.02. The molecule has 392 valence electrons. The number of guanidine groups is 1. The zero-order valence-electron chi connectivity index (χ0n) is 40.9. The quantitative estimate of drug-likeness (QED) is 0.00606. The van der Waals surface area contributed by atoms with Crippen LogP contribution in [0.15, 0.2) is 101 Å². The van der Waals surface area contributed by atoms with Gasteiger partial charge >= 0.3 is 5.97 Å². The molecular formula is C50H56N13O11S+. The molecule has 4 aromatic carbocycles. The van der Waals surface area contributed by atoms with E-state index < -0.39 is 45.3 Å². The fraction of sp³-hybridized carbons (Fsp3) is 0.280. The lowest BCUT2D eigenvalue weighted by atomic mass is 10.0. The summed E-state index contributed by atoms with van der Waals surface area (Å²) in [7, 11) is -4.16. The van der Waals surface area contributed by atoms with E-state index in [4.69, 9.17) is 31.4 Å². The van der Waals surface area contributed by atoms with Gasteiger partial charge in [-0.1, -0.05) is 24.3 Å². The minimum Gasteiger partial charge on any atom is -0.422 e. The Balaban J connectivity index is 0.819. The lowest BCUT2D eigenvalue weighted by Gasteiger charge is -2.17. The van der Waals surface area contributed by atoms with E-state index in [0.717, 1.165) is 0 Å². The molecule has 0 spiro atoms. The highest BCUT2D eigenvalue weighted by molar-refractivity contribution is 7.85. The molecule has 3 aromatic heterocycles. The maximum absolute atomic E-state index is 14.1. The van der Waals surface area contributed by atoms with Gasteiger partial charge in [-0.2, -0.15) is 18.0 Å². The number of hydrogen-bond donors (Lipinski definition) is 9. The number of carbonyl (C=O) groups excluding carboxylic acids is 4. The molecule has 0 saturated carbocycles. The van der Waals surface area contributed by atoms with E-state index in [9.17, 15) is 36.9 Å². The standard InChI is InChI=1S/C50H55N13O11S/c1-29-24-32(25-30(2)42(29)74-48(68)40-35-8-3-5-10-38(35)63(18-7-23-75(69,70)71)39-11-6-4-9-36(39)40)44(64)54-16-19-72-21-22-73-20-17-55-46(66)37(28-58-49(51)52)60-45(65)31-12-14-33(15-13-31)56-26-34-27-57-43-41(59-34)47(67)62-50(53)61-43/h3-6,8-15,24-25,27,37H,7,16-23,26,28H2,1-2H3,(H11-,51,52,53,54,55,56,57,58,60,61,62,64,65,66,67,69,70,71)/p+1. The molecule has 12 N–H and O–H groups in total. The lowest BCUT2D eigenvalue weighted by Crippen LogP contribution is -2.49. The molecule has 3 heterocycles. The molecule has 0 bridgehead atoms. The third-order valence-corrected chi connectivity index (χ3v) is 12.3. The number of H-pyrrole nitrogens is 1. The van der Waals surface area contributed by atoms with Crippen molar-refractivity contribution in [3.63, 3.8) is 0 Å². The van der Waals surface area contributed by atoms with Gasteiger partial charge in [-0.15, -0.1) is 0 Å². The number of hydrogen-bond acceptors (Lipinski definition) is 16. The molecule has 0 radical (unpaired) electrons. The van der Waals surface area contributed by atoms with E-state index in [1.165, 1.54) is 6.20 Å². The average molecular weight is 1050 g/mol. The molecule has 0 aliphatic heterocycles. The molecule has 0 aliphatic rings. The number of amides is 3. The summed E-state index contributed by atoms with van der Waals surface area (Å²) in [5.41, 5.74) is 20.8. The number of aromatic amines is 1. The van der Waals surface area contributed by atoms with Crippen molar-refractivity contribution >= 4 is 84.4 Å². The first-order valence-corrected chi connectivity index (χ1v) is 25.1. The van der Waals surface area contributed by atoms with Crippen LogP contribution < -0.4 is 53.3 Å². The van der Waals surface area contributed by atoms with E-state index >= 15 is 0 Å². The highest BCUT2D eigenvalue weighted by Crippen LogP contribution is 2.30. The monoisotopic (exact) mass is 1050 g/mol. The van der Waals surface area contributed by atoms with Gasteiger partial charge in [0.05, 0.1) is 73.5 Å². The third-order valence-electron chi connectivity index (χ3n) is 11.5. The Kier molecular flexibility index (Phi) is 17.9. The second kappa shape index (κ2) is 24.9. The maximum Gasteiger partial charge on any atom is 0.345 e. The van der Waals surface area contributed by atoms with Gasteiger partial charge in [-0.25, -0.2) is 14.8 Å². The van der Waals surface area contributed by atoms with E-state index in [1.54, 1.807) is 74.5 Å². The highest BCUT2D eigenvalue weighted by Gasteiger charge is 2.27. The minimum atomic E-state index is -4.16. The molecule has 0 aliphatic carbocycles. The normalized spacial score (nSPS) is 11.8. The van der Waals surface area contributed by atoms with Crippen LogP contribution in [0.1, 0.15) is 54.3 Å². The average Bonchev–Trinajstić information content (AvgIpc) is 3.38. The van der Waals surface area contributed by atoms with Crippen LogP contribution >= 0.6 is 0 Å². The van der Waals surface area contributed by atoms with Gasteiger partial charge in [0, 0.05) is 48.5 Å². The Morgan fingerprint density at radius 1 is 0.827 bits per heavy atom. The summed E-state index contributed by atoms with van der Waals surface area (Å²) in [6.07, 6.45) is 1.62. The van der Waals surface area contributed by atoms with Gasteiger partial charge in [0.15, 0.2) is 23.7 Å². The second-order valence-corrected chi connectivity index (χ2v) is 18.6. The van der Waals surface area contributed by atoms with Gasteiger partial charge in [0.1, 0.15) is 11.8 Å². The molecular weight excluding hydrogens is 991 g/mol. The molecule has 1 atom stereocenters. The smallest absolute Gasteiger partial charge is 0.345 e. The topological polar surface area (TPSA) is 364 Å². The van der Waals surface area contributed by atoms with Crippen LogP contribution in [0.2, 0.25) is 0 Å². The summed E-state index contributed by atoms with van der Waals surface area (Å²) in [5, 5.41) is 12.5. The first kappa shape index (κ1) is 54.1. The minimum absolute atomic E-state index is 0.0475. The van der Waals surface area contributed by atoms with Gasteiger partial charge in [0.25, 0.3) is 27.5 Å². The molecule has 1 unspecified atom stereocenters. The molecule has 7 rings (SSSR count). The highest BCUT2D eigenvalue weighted by atomic mass is 32.2. The number of ether oxygens (including phenoxy) is 3. The molecule has 25 heteroatoms. The van der Waals surface area contributed by atoms with Gasteiger partial charge in [-0.05, 0) is 73.5 Å². The summed E-state index contributed by atoms with van der Waals surface area (Å²) >= 11 is 0. The Labute approximate surface area is 429 Å². The van der Waals surface area contributed by atoms with E-state index in [0.29, 0.717) is 61.2 Å². The number of para-hydroxylation sites is 2. The summed E-state index contributed by atoms with van der Waals surface area (Å²) in [6, 6.07) is 23.1. The van der Waals surface area contributed by atoms with Gasteiger partial charge in [-0.3, -0.25) is 33.7 Å². The zero-order chi connectivity index (χ0) is 53.6. The number of aliphatic imine (C=N–C) groups is 1. The number of anilines is 2. The number of nitrogens with one attached hydrogen (secondary N) is 5. The Hall–Kier alpha value is -8.65. The first-order valence-electron chi connectivity index (χ1n) is 23.5. The van der Waals surface area contributed by atoms with Crippen molar-refractivity contribution < 1.29 is 50.9 Å². The number of pyridine rings is 1. The number of fused-ring (bicyclic) bond motifs is 3. The number of benzene rings is 4. The number of nitrogens with two attached hydrogens (primary N) is 3. The van der Waals surface area contributed by atoms with Crippen LogP contribution in [0.3, 0.4) is 0 Å². The number of aromatic nitrogens is 5. The van der Waals surface area contributed by atoms with Crippen molar-refractivity contribution in [2.24, 2.45) is 16.5 Å². The van der Waals surface area contributed by atoms with Crippen LogP contribution in [-0.4, -0.2) is 120 Å².